The molecule has 0 radical (unpaired) electrons. The lowest BCUT2D eigenvalue weighted by Gasteiger charge is -2.26. The third kappa shape index (κ3) is 2.56. The van der Waals surface area contributed by atoms with E-state index in [0.29, 0.717) is 6.04 Å². The third-order valence-corrected chi connectivity index (χ3v) is 3.25. The van der Waals surface area contributed by atoms with Crippen LogP contribution in [0.3, 0.4) is 0 Å². The van der Waals surface area contributed by atoms with Gasteiger partial charge in [-0.3, -0.25) is 0 Å². The van der Waals surface area contributed by atoms with E-state index in [-0.39, 0.29) is 0 Å². The summed E-state index contributed by atoms with van der Waals surface area (Å²) < 4.78 is 5.51. The Balaban J connectivity index is 2.12. The van der Waals surface area contributed by atoms with Crippen molar-refractivity contribution < 1.29 is 4.74 Å². The van der Waals surface area contributed by atoms with Crippen LogP contribution in [0.15, 0.2) is 18.2 Å². The van der Waals surface area contributed by atoms with Crippen molar-refractivity contribution in [2.24, 2.45) is 0 Å². The molecule has 0 aromatic heterocycles. The Morgan fingerprint density at radius 2 is 2.31 bits per heavy atom. The average molecular weight is 219 g/mol. The number of para-hydroxylation sites is 1. The molecule has 0 bridgehead atoms. The van der Waals surface area contributed by atoms with Gasteiger partial charge in [-0.1, -0.05) is 25.1 Å². The lowest BCUT2D eigenvalue weighted by atomic mass is 10.0. The molecule has 1 heterocycles. The molecule has 1 aliphatic heterocycles. The van der Waals surface area contributed by atoms with Crippen molar-refractivity contribution in [3.05, 3.63) is 29.3 Å². The van der Waals surface area contributed by atoms with E-state index in [1.54, 1.807) is 0 Å². The summed E-state index contributed by atoms with van der Waals surface area (Å²) in [6.45, 7) is 6.15. The van der Waals surface area contributed by atoms with E-state index in [0.717, 1.165) is 19.6 Å². The van der Waals surface area contributed by atoms with Crippen molar-refractivity contribution >= 4 is 5.69 Å². The number of rotatable bonds is 3. The number of ether oxygens (including phenoxy) is 1. The summed E-state index contributed by atoms with van der Waals surface area (Å²) in [6.07, 6.45) is 3.47. The molecule has 88 valence electrons. The molecule has 0 aliphatic carbocycles. The van der Waals surface area contributed by atoms with Gasteiger partial charge in [-0.2, -0.15) is 0 Å². The van der Waals surface area contributed by atoms with Crippen LogP contribution in [0.1, 0.15) is 30.9 Å². The number of benzene rings is 1. The van der Waals surface area contributed by atoms with Gasteiger partial charge in [0.05, 0.1) is 6.61 Å². The highest BCUT2D eigenvalue weighted by atomic mass is 16.5. The van der Waals surface area contributed by atoms with Crippen molar-refractivity contribution in [3.8, 4) is 0 Å². The second-order valence-electron chi connectivity index (χ2n) is 4.52. The maximum atomic E-state index is 5.51. The van der Waals surface area contributed by atoms with Crippen molar-refractivity contribution in [1.82, 2.24) is 0 Å². The van der Waals surface area contributed by atoms with E-state index in [1.807, 2.05) is 0 Å². The molecule has 2 heteroatoms. The standard InChI is InChI=1S/C14H21NO/c1-3-12-7-4-6-11(2)14(12)15-13-8-5-9-16-10-13/h4,6-7,13,15H,3,5,8-10H2,1-2H3. The van der Waals surface area contributed by atoms with Crippen LogP contribution < -0.4 is 5.32 Å². The first-order chi connectivity index (χ1) is 7.81. The summed E-state index contributed by atoms with van der Waals surface area (Å²) in [5, 5.41) is 3.64. The molecular formula is C14H21NO. The Bertz CT molecular complexity index is 343. The van der Waals surface area contributed by atoms with Gasteiger partial charge in [-0.25, -0.2) is 0 Å². The van der Waals surface area contributed by atoms with Gasteiger partial charge in [-0.15, -0.1) is 0 Å². The summed E-state index contributed by atoms with van der Waals surface area (Å²) >= 11 is 0. The number of aryl methyl sites for hydroxylation is 2. The topological polar surface area (TPSA) is 21.3 Å². The maximum Gasteiger partial charge on any atom is 0.0667 e. The summed E-state index contributed by atoms with van der Waals surface area (Å²) in [5.41, 5.74) is 4.07. The lowest BCUT2D eigenvalue weighted by Crippen LogP contribution is -2.30. The normalized spacial score (nSPS) is 20.8. The van der Waals surface area contributed by atoms with Gasteiger partial charge in [0, 0.05) is 18.3 Å². The zero-order chi connectivity index (χ0) is 11.4. The molecule has 1 atom stereocenters. The first-order valence-electron chi connectivity index (χ1n) is 6.24. The second-order valence-corrected chi connectivity index (χ2v) is 4.52. The van der Waals surface area contributed by atoms with Gasteiger partial charge in [0.1, 0.15) is 0 Å². The molecule has 16 heavy (non-hydrogen) atoms. The highest BCUT2D eigenvalue weighted by molar-refractivity contribution is 5.57. The van der Waals surface area contributed by atoms with E-state index in [2.05, 4.69) is 37.4 Å². The summed E-state index contributed by atoms with van der Waals surface area (Å²) in [5.74, 6) is 0. The van der Waals surface area contributed by atoms with E-state index in [9.17, 15) is 0 Å². The summed E-state index contributed by atoms with van der Waals surface area (Å²) in [7, 11) is 0. The molecule has 0 saturated carbocycles. The van der Waals surface area contributed by atoms with Crippen molar-refractivity contribution in [1.29, 1.82) is 0 Å². The molecule has 0 amide bonds. The van der Waals surface area contributed by atoms with E-state index < -0.39 is 0 Å². The van der Waals surface area contributed by atoms with Crippen LogP contribution in [-0.2, 0) is 11.2 Å². The highest BCUT2D eigenvalue weighted by Gasteiger charge is 2.15. The molecule has 1 aromatic carbocycles. The zero-order valence-electron chi connectivity index (χ0n) is 10.3. The number of anilines is 1. The Kier molecular flexibility index (Phi) is 3.83. The van der Waals surface area contributed by atoms with Crippen LogP contribution >= 0.6 is 0 Å². The molecule has 1 unspecified atom stereocenters. The van der Waals surface area contributed by atoms with Crippen LogP contribution in [0.4, 0.5) is 5.69 Å². The van der Waals surface area contributed by atoms with Crippen molar-refractivity contribution in [2.45, 2.75) is 39.2 Å². The fourth-order valence-electron chi connectivity index (χ4n) is 2.29. The van der Waals surface area contributed by atoms with Crippen LogP contribution in [0, 0.1) is 6.92 Å². The summed E-state index contributed by atoms with van der Waals surface area (Å²) in [4.78, 5) is 0. The minimum absolute atomic E-state index is 0.486. The van der Waals surface area contributed by atoms with Crippen LogP contribution in [-0.4, -0.2) is 19.3 Å². The van der Waals surface area contributed by atoms with Crippen LogP contribution in [0.5, 0.6) is 0 Å². The monoisotopic (exact) mass is 219 g/mol. The molecule has 1 saturated heterocycles. The fourth-order valence-corrected chi connectivity index (χ4v) is 2.29. The van der Waals surface area contributed by atoms with Crippen molar-refractivity contribution in [3.63, 3.8) is 0 Å². The highest BCUT2D eigenvalue weighted by Crippen LogP contribution is 2.23. The minimum atomic E-state index is 0.486. The predicted molar refractivity (Wildman–Crippen MR) is 68.0 cm³/mol. The van der Waals surface area contributed by atoms with Gasteiger partial charge in [0.25, 0.3) is 0 Å². The molecule has 1 aliphatic rings. The largest absolute Gasteiger partial charge is 0.380 e. The predicted octanol–water partition coefficient (Wildman–Crippen LogP) is 3.15. The van der Waals surface area contributed by atoms with Crippen molar-refractivity contribution in [2.75, 3.05) is 18.5 Å². The molecule has 2 rings (SSSR count). The number of nitrogens with one attached hydrogen (secondary N) is 1. The van der Waals surface area contributed by atoms with Gasteiger partial charge < -0.3 is 10.1 Å². The number of hydrogen-bond acceptors (Lipinski definition) is 2. The Morgan fingerprint density at radius 1 is 1.44 bits per heavy atom. The minimum Gasteiger partial charge on any atom is -0.380 e. The summed E-state index contributed by atoms with van der Waals surface area (Å²) in [6, 6.07) is 7.00. The van der Waals surface area contributed by atoms with E-state index in [4.69, 9.17) is 4.74 Å². The Morgan fingerprint density at radius 3 is 3.00 bits per heavy atom. The molecule has 2 nitrogen and oxygen atoms in total. The van der Waals surface area contributed by atoms with Gasteiger partial charge in [0.2, 0.25) is 0 Å². The van der Waals surface area contributed by atoms with Crippen LogP contribution in [0.2, 0.25) is 0 Å². The Hall–Kier alpha value is -1.02. The molecule has 1 N–H and O–H groups in total. The molecule has 0 spiro atoms. The SMILES string of the molecule is CCc1cccc(C)c1NC1CCCOC1. The van der Waals surface area contributed by atoms with Gasteiger partial charge in [0.15, 0.2) is 0 Å². The molecular weight excluding hydrogens is 198 g/mol. The van der Waals surface area contributed by atoms with Gasteiger partial charge in [-0.05, 0) is 37.3 Å². The quantitative estimate of drug-likeness (QED) is 0.843. The molecule has 1 aromatic rings. The zero-order valence-corrected chi connectivity index (χ0v) is 10.3. The average Bonchev–Trinajstić information content (AvgIpc) is 2.33. The van der Waals surface area contributed by atoms with E-state index in [1.165, 1.54) is 29.7 Å². The number of hydrogen-bond donors (Lipinski definition) is 1. The Labute approximate surface area is 98.0 Å². The maximum absolute atomic E-state index is 5.51. The lowest BCUT2D eigenvalue weighted by molar-refractivity contribution is 0.0876. The molecule has 1 fully saturated rings. The third-order valence-electron chi connectivity index (χ3n) is 3.25. The fraction of sp³-hybridized carbons (Fsp3) is 0.571. The smallest absolute Gasteiger partial charge is 0.0667 e. The first kappa shape index (κ1) is 11.5. The first-order valence-corrected chi connectivity index (χ1v) is 6.24. The van der Waals surface area contributed by atoms with Gasteiger partial charge >= 0.3 is 0 Å². The van der Waals surface area contributed by atoms with Crippen LogP contribution in [0.25, 0.3) is 0 Å². The van der Waals surface area contributed by atoms with E-state index >= 15 is 0 Å². The second kappa shape index (κ2) is 5.35.